The number of aryl methyl sites for hydroxylation is 1. The molecule has 0 atom stereocenters. The molecule has 3 aromatic heterocycles. The normalized spacial score (nSPS) is 15.4. The smallest absolute Gasteiger partial charge is 0.267 e. The maximum Gasteiger partial charge on any atom is 0.418 e. The van der Waals surface area contributed by atoms with Crippen LogP contribution < -0.4 is 5.56 Å². The van der Waals surface area contributed by atoms with Crippen LogP contribution in [0.5, 0.6) is 0 Å². The fourth-order valence-electron chi connectivity index (χ4n) is 4.25. The minimum atomic E-state index is -4.68. The highest BCUT2D eigenvalue weighted by Gasteiger charge is 2.34. The average molecular weight is 468 g/mol. The summed E-state index contributed by atoms with van der Waals surface area (Å²) in [6, 6.07) is 3.45. The molecule has 4 rings (SSSR count). The number of hydrogen-bond acceptors (Lipinski definition) is 5. The zero-order valence-corrected chi connectivity index (χ0v) is 17.7. The third kappa shape index (κ3) is 4.64. The first-order chi connectivity index (χ1) is 15.7. The van der Waals surface area contributed by atoms with Gasteiger partial charge in [0.2, 0.25) is 0 Å². The van der Waals surface area contributed by atoms with Crippen LogP contribution in [-0.4, -0.2) is 29.8 Å². The SMILES string of the molecule is Cn1nnc(-c2cc(C3CCCCC3)c(=O)n(Cc3ncccc3C(F)(F)F)n2)c1C(F)F. The predicted octanol–water partition coefficient (Wildman–Crippen LogP) is 4.49. The van der Waals surface area contributed by atoms with Gasteiger partial charge >= 0.3 is 6.18 Å². The Labute approximate surface area is 185 Å². The molecule has 1 aliphatic rings. The van der Waals surface area contributed by atoms with E-state index in [0.29, 0.717) is 5.56 Å². The second-order valence-electron chi connectivity index (χ2n) is 8.03. The van der Waals surface area contributed by atoms with Crippen molar-refractivity contribution in [3.8, 4) is 11.4 Å². The summed E-state index contributed by atoms with van der Waals surface area (Å²) in [5.41, 5.74) is -2.35. The van der Waals surface area contributed by atoms with Crippen molar-refractivity contribution < 1.29 is 22.0 Å². The van der Waals surface area contributed by atoms with Crippen molar-refractivity contribution in [1.82, 2.24) is 29.8 Å². The van der Waals surface area contributed by atoms with Crippen molar-refractivity contribution in [3.63, 3.8) is 0 Å². The molecule has 176 valence electrons. The first kappa shape index (κ1) is 23.0. The highest BCUT2D eigenvalue weighted by molar-refractivity contribution is 5.57. The summed E-state index contributed by atoms with van der Waals surface area (Å²) in [6.45, 7) is -0.563. The van der Waals surface area contributed by atoms with Gasteiger partial charge in [-0.1, -0.05) is 24.5 Å². The number of nitrogens with zero attached hydrogens (tertiary/aromatic N) is 6. The van der Waals surface area contributed by atoms with E-state index >= 15 is 0 Å². The highest BCUT2D eigenvalue weighted by Crippen LogP contribution is 2.34. The number of hydrogen-bond donors (Lipinski definition) is 0. The largest absolute Gasteiger partial charge is 0.418 e. The molecule has 0 aromatic carbocycles. The number of pyridine rings is 1. The van der Waals surface area contributed by atoms with Crippen LogP contribution in [0.3, 0.4) is 0 Å². The highest BCUT2D eigenvalue weighted by atomic mass is 19.4. The number of rotatable bonds is 5. The second-order valence-corrected chi connectivity index (χ2v) is 8.03. The van der Waals surface area contributed by atoms with Gasteiger partial charge in [0, 0.05) is 18.8 Å². The average Bonchev–Trinajstić information content (AvgIpc) is 3.17. The Kier molecular flexibility index (Phi) is 6.26. The standard InChI is InChI=1S/C21H21F5N6O/c1-31-18(19(22)23)17(28-30-31)15-10-13(12-6-3-2-4-7-12)20(33)32(29-15)11-16-14(21(24,25)26)8-5-9-27-16/h5,8-10,12,19H,2-4,6-7,11H2,1H3. The summed E-state index contributed by atoms with van der Waals surface area (Å²) in [6.07, 6.45) is -2.14. The van der Waals surface area contributed by atoms with E-state index in [4.69, 9.17) is 0 Å². The third-order valence-electron chi connectivity index (χ3n) is 5.86. The van der Waals surface area contributed by atoms with Gasteiger partial charge in [-0.2, -0.15) is 18.3 Å². The number of alkyl halides is 5. The summed E-state index contributed by atoms with van der Waals surface area (Å²) < 4.78 is 69.4. The Balaban J connectivity index is 1.87. The Hall–Kier alpha value is -3.18. The van der Waals surface area contributed by atoms with E-state index < -0.39 is 36.0 Å². The zero-order chi connectivity index (χ0) is 23.8. The van der Waals surface area contributed by atoms with Gasteiger partial charge in [-0.25, -0.2) is 18.1 Å². The van der Waals surface area contributed by atoms with Gasteiger partial charge < -0.3 is 0 Å². The Morgan fingerprint density at radius 3 is 2.58 bits per heavy atom. The third-order valence-corrected chi connectivity index (χ3v) is 5.86. The Morgan fingerprint density at radius 1 is 1.18 bits per heavy atom. The van der Waals surface area contributed by atoms with Gasteiger partial charge in [-0.3, -0.25) is 9.78 Å². The molecule has 0 aliphatic heterocycles. The van der Waals surface area contributed by atoms with E-state index in [1.807, 2.05) is 0 Å². The molecule has 0 radical (unpaired) electrons. The number of aromatic nitrogens is 6. The molecule has 3 aromatic rings. The lowest BCUT2D eigenvalue weighted by Gasteiger charge is -2.22. The topological polar surface area (TPSA) is 78.5 Å². The van der Waals surface area contributed by atoms with E-state index in [0.717, 1.165) is 53.6 Å². The first-order valence-corrected chi connectivity index (χ1v) is 10.5. The lowest BCUT2D eigenvalue weighted by atomic mass is 9.84. The lowest BCUT2D eigenvalue weighted by Crippen LogP contribution is -2.30. The Morgan fingerprint density at radius 2 is 1.91 bits per heavy atom. The van der Waals surface area contributed by atoms with Crippen LogP contribution in [-0.2, 0) is 19.8 Å². The quantitative estimate of drug-likeness (QED) is 0.516. The fourth-order valence-corrected chi connectivity index (χ4v) is 4.25. The van der Waals surface area contributed by atoms with Crippen molar-refractivity contribution in [2.24, 2.45) is 7.05 Å². The van der Waals surface area contributed by atoms with Crippen LogP contribution in [0.15, 0.2) is 29.2 Å². The van der Waals surface area contributed by atoms with Gasteiger partial charge in [-0.05, 0) is 37.0 Å². The van der Waals surface area contributed by atoms with Crippen LogP contribution in [0.25, 0.3) is 11.4 Å². The molecule has 0 spiro atoms. The number of halogens is 5. The monoisotopic (exact) mass is 468 g/mol. The van der Waals surface area contributed by atoms with Crippen molar-refractivity contribution >= 4 is 0 Å². The molecule has 12 heteroatoms. The van der Waals surface area contributed by atoms with E-state index in [9.17, 15) is 26.7 Å². The van der Waals surface area contributed by atoms with Crippen molar-refractivity contribution in [3.05, 3.63) is 57.3 Å². The van der Waals surface area contributed by atoms with Crippen LogP contribution in [0, 0.1) is 0 Å². The van der Waals surface area contributed by atoms with Crippen LogP contribution in [0.2, 0.25) is 0 Å². The molecule has 0 unspecified atom stereocenters. The summed E-state index contributed by atoms with van der Waals surface area (Å²) in [4.78, 5) is 17.0. The maximum atomic E-state index is 13.6. The second kappa shape index (κ2) is 8.99. The summed E-state index contributed by atoms with van der Waals surface area (Å²) in [5, 5.41) is 11.5. The zero-order valence-electron chi connectivity index (χ0n) is 17.7. The summed E-state index contributed by atoms with van der Waals surface area (Å²) >= 11 is 0. The first-order valence-electron chi connectivity index (χ1n) is 10.5. The van der Waals surface area contributed by atoms with Gasteiger partial charge in [0.1, 0.15) is 17.1 Å². The fraction of sp³-hybridized carbons (Fsp3) is 0.476. The molecule has 0 saturated heterocycles. The van der Waals surface area contributed by atoms with E-state index in [1.165, 1.54) is 19.3 Å². The molecule has 3 heterocycles. The van der Waals surface area contributed by atoms with Crippen molar-refractivity contribution in [2.45, 2.75) is 57.2 Å². The van der Waals surface area contributed by atoms with Crippen molar-refractivity contribution in [2.75, 3.05) is 0 Å². The molecular formula is C21H21F5N6O. The summed E-state index contributed by atoms with van der Waals surface area (Å²) in [5.74, 6) is -0.142. The maximum absolute atomic E-state index is 13.6. The van der Waals surface area contributed by atoms with Crippen molar-refractivity contribution in [1.29, 1.82) is 0 Å². The molecule has 0 amide bonds. The molecule has 33 heavy (non-hydrogen) atoms. The summed E-state index contributed by atoms with van der Waals surface area (Å²) in [7, 11) is 1.31. The van der Waals surface area contributed by atoms with Gasteiger partial charge in [0.05, 0.1) is 17.8 Å². The molecule has 1 fully saturated rings. The van der Waals surface area contributed by atoms with Crippen LogP contribution in [0.1, 0.15) is 67.0 Å². The molecule has 0 N–H and O–H groups in total. The van der Waals surface area contributed by atoms with Crippen LogP contribution in [0.4, 0.5) is 22.0 Å². The molecule has 7 nitrogen and oxygen atoms in total. The van der Waals surface area contributed by atoms with Gasteiger partial charge in [0.25, 0.3) is 12.0 Å². The Bertz CT molecular complexity index is 1200. The van der Waals surface area contributed by atoms with Gasteiger partial charge in [-0.15, -0.1) is 5.10 Å². The predicted molar refractivity (Wildman–Crippen MR) is 108 cm³/mol. The van der Waals surface area contributed by atoms with Gasteiger partial charge in [0.15, 0.2) is 0 Å². The molecular weight excluding hydrogens is 447 g/mol. The minimum absolute atomic E-state index is 0.0388. The van der Waals surface area contributed by atoms with E-state index in [-0.39, 0.29) is 23.0 Å². The molecule has 1 saturated carbocycles. The molecule has 1 aliphatic carbocycles. The van der Waals surface area contributed by atoms with E-state index in [1.54, 1.807) is 0 Å². The molecule has 0 bridgehead atoms. The van der Waals surface area contributed by atoms with E-state index in [2.05, 4.69) is 20.4 Å². The minimum Gasteiger partial charge on any atom is -0.267 e. The van der Waals surface area contributed by atoms with Crippen LogP contribution >= 0.6 is 0 Å². The lowest BCUT2D eigenvalue weighted by molar-refractivity contribution is -0.138.